The molecule has 0 spiro atoms. The van der Waals surface area contributed by atoms with Crippen LogP contribution in [0.3, 0.4) is 0 Å². The molecule has 0 bridgehead atoms. The summed E-state index contributed by atoms with van der Waals surface area (Å²) in [6.45, 7) is 6.21. The minimum absolute atomic E-state index is 0.256. The number of carbonyl (C=O) groups is 1. The van der Waals surface area contributed by atoms with Crippen LogP contribution >= 0.6 is 0 Å². The van der Waals surface area contributed by atoms with E-state index in [0.29, 0.717) is 23.7 Å². The first-order valence-electron chi connectivity index (χ1n) is 9.03. The van der Waals surface area contributed by atoms with Crippen molar-refractivity contribution in [1.82, 2.24) is 25.3 Å². The summed E-state index contributed by atoms with van der Waals surface area (Å²) in [4.78, 5) is 12.5. The summed E-state index contributed by atoms with van der Waals surface area (Å²) in [5.74, 6) is 1.20. The Morgan fingerprint density at radius 1 is 1.14 bits per heavy atom. The Hall–Kier alpha value is -3.61. The summed E-state index contributed by atoms with van der Waals surface area (Å²) in [5, 5.41) is 14.4. The fourth-order valence-corrected chi connectivity index (χ4v) is 3.15. The maximum atomic E-state index is 12.5. The van der Waals surface area contributed by atoms with Crippen LogP contribution in [0.15, 0.2) is 52.9 Å². The SMILES string of the molecule is Cc1cc(C)n(-c2ccccc2CNC(=O)c2cc(-c3ccc(C)o3)[nH]n2)n1. The Bertz CT molecular complexity index is 1140. The van der Waals surface area contributed by atoms with Gasteiger partial charge in [0.15, 0.2) is 11.5 Å². The van der Waals surface area contributed by atoms with Gasteiger partial charge in [0.2, 0.25) is 0 Å². The lowest BCUT2D eigenvalue weighted by molar-refractivity contribution is 0.0946. The Balaban J connectivity index is 1.50. The number of benzene rings is 1. The fraction of sp³-hybridized carbons (Fsp3) is 0.190. The van der Waals surface area contributed by atoms with Gasteiger partial charge in [0.1, 0.15) is 11.5 Å². The number of hydrogen-bond acceptors (Lipinski definition) is 4. The van der Waals surface area contributed by atoms with Gasteiger partial charge in [-0.2, -0.15) is 10.2 Å². The molecule has 0 atom stereocenters. The summed E-state index contributed by atoms with van der Waals surface area (Å²) in [6, 6.07) is 15.3. The molecular weight excluding hydrogens is 354 g/mol. The molecule has 4 rings (SSSR count). The second kappa shape index (κ2) is 7.19. The van der Waals surface area contributed by atoms with Crippen LogP contribution in [0.4, 0.5) is 0 Å². The molecule has 0 aliphatic heterocycles. The zero-order valence-electron chi connectivity index (χ0n) is 16.0. The van der Waals surface area contributed by atoms with E-state index in [2.05, 4.69) is 20.6 Å². The summed E-state index contributed by atoms with van der Waals surface area (Å²) in [6.07, 6.45) is 0. The van der Waals surface area contributed by atoms with Crippen molar-refractivity contribution < 1.29 is 9.21 Å². The molecule has 0 saturated heterocycles. The van der Waals surface area contributed by atoms with E-state index in [1.54, 1.807) is 6.07 Å². The van der Waals surface area contributed by atoms with Crippen LogP contribution in [0.5, 0.6) is 0 Å². The van der Waals surface area contributed by atoms with Crippen molar-refractivity contribution >= 4 is 5.91 Å². The van der Waals surface area contributed by atoms with E-state index in [4.69, 9.17) is 4.42 Å². The van der Waals surface area contributed by atoms with Gasteiger partial charge in [0.25, 0.3) is 5.91 Å². The molecule has 1 amide bonds. The Kier molecular flexibility index (Phi) is 4.57. The van der Waals surface area contributed by atoms with E-state index in [0.717, 1.165) is 28.4 Å². The Morgan fingerprint density at radius 3 is 2.68 bits per heavy atom. The zero-order valence-corrected chi connectivity index (χ0v) is 16.0. The number of nitrogens with one attached hydrogen (secondary N) is 2. The highest BCUT2D eigenvalue weighted by molar-refractivity contribution is 5.93. The van der Waals surface area contributed by atoms with Gasteiger partial charge in [-0.05, 0) is 50.6 Å². The van der Waals surface area contributed by atoms with Crippen molar-refractivity contribution in [2.75, 3.05) is 0 Å². The molecule has 142 valence electrons. The van der Waals surface area contributed by atoms with Gasteiger partial charge in [-0.15, -0.1) is 0 Å². The number of aryl methyl sites for hydroxylation is 3. The number of hydrogen-bond donors (Lipinski definition) is 2. The highest BCUT2D eigenvalue weighted by Gasteiger charge is 2.14. The van der Waals surface area contributed by atoms with Crippen molar-refractivity contribution in [1.29, 1.82) is 0 Å². The van der Waals surface area contributed by atoms with Crippen LogP contribution < -0.4 is 5.32 Å². The lowest BCUT2D eigenvalue weighted by Crippen LogP contribution is -2.24. The normalized spacial score (nSPS) is 11.0. The third kappa shape index (κ3) is 3.46. The van der Waals surface area contributed by atoms with Crippen LogP contribution in [0.1, 0.15) is 33.2 Å². The van der Waals surface area contributed by atoms with E-state index < -0.39 is 0 Å². The largest absolute Gasteiger partial charge is 0.460 e. The molecule has 4 aromatic rings. The minimum Gasteiger partial charge on any atom is -0.460 e. The fourth-order valence-electron chi connectivity index (χ4n) is 3.15. The number of H-pyrrole nitrogens is 1. The van der Waals surface area contributed by atoms with Crippen LogP contribution in [-0.4, -0.2) is 25.9 Å². The summed E-state index contributed by atoms with van der Waals surface area (Å²) in [7, 11) is 0. The minimum atomic E-state index is -0.256. The first kappa shape index (κ1) is 17.8. The van der Waals surface area contributed by atoms with Gasteiger partial charge in [-0.1, -0.05) is 18.2 Å². The maximum Gasteiger partial charge on any atom is 0.272 e. The molecule has 0 fully saturated rings. The maximum absolute atomic E-state index is 12.5. The zero-order chi connectivity index (χ0) is 19.7. The third-order valence-electron chi connectivity index (χ3n) is 4.49. The number of rotatable bonds is 5. The summed E-state index contributed by atoms with van der Waals surface area (Å²) in [5.41, 5.74) is 4.89. The van der Waals surface area contributed by atoms with E-state index in [9.17, 15) is 4.79 Å². The lowest BCUT2D eigenvalue weighted by atomic mass is 10.1. The molecule has 0 saturated carbocycles. The molecule has 0 radical (unpaired) electrons. The number of nitrogens with zero attached hydrogens (tertiary/aromatic N) is 3. The highest BCUT2D eigenvalue weighted by atomic mass is 16.3. The number of amides is 1. The standard InChI is InChI=1S/C21H21N5O2/c1-13-10-14(2)26(25-13)19-7-5-4-6-16(19)12-22-21(27)18-11-17(23-24-18)20-9-8-15(3)28-20/h4-11H,12H2,1-3H3,(H,22,27)(H,23,24). The van der Waals surface area contributed by atoms with E-state index in [1.807, 2.05) is 67.9 Å². The molecule has 0 aliphatic rings. The second-order valence-corrected chi connectivity index (χ2v) is 6.73. The monoisotopic (exact) mass is 375 g/mol. The van der Waals surface area contributed by atoms with Crippen LogP contribution in [-0.2, 0) is 6.54 Å². The van der Waals surface area contributed by atoms with Gasteiger partial charge in [-0.25, -0.2) is 4.68 Å². The molecule has 0 unspecified atom stereocenters. The second-order valence-electron chi connectivity index (χ2n) is 6.73. The van der Waals surface area contributed by atoms with Crippen LogP contribution in [0.25, 0.3) is 17.1 Å². The van der Waals surface area contributed by atoms with E-state index >= 15 is 0 Å². The molecule has 3 heterocycles. The Morgan fingerprint density at radius 2 is 1.96 bits per heavy atom. The molecule has 1 aromatic carbocycles. The summed E-state index contributed by atoms with van der Waals surface area (Å²) < 4.78 is 7.45. The molecular formula is C21H21N5O2. The molecule has 7 nitrogen and oxygen atoms in total. The topological polar surface area (TPSA) is 88.7 Å². The van der Waals surface area contributed by atoms with Crippen molar-refractivity contribution in [3.8, 4) is 17.1 Å². The van der Waals surface area contributed by atoms with E-state index in [1.165, 1.54) is 0 Å². The number of furan rings is 1. The van der Waals surface area contributed by atoms with Gasteiger partial charge < -0.3 is 9.73 Å². The first-order chi connectivity index (χ1) is 13.5. The number of para-hydroxylation sites is 1. The Labute approximate surface area is 162 Å². The number of carbonyl (C=O) groups excluding carboxylic acids is 1. The van der Waals surface area contributed by atoms with Gasteiger partial charge >= 0.3 is 0 Å². The quantitative estimate of drug-likeness (QED) is 0.556. The average molecular weight is 375 g/mol. The molecule has 28 heavy (non-hydrogen) atoms. The van der Waals surface area contributed by atoms with Crippen molar-refractivity contribution in [3.05, 3.63) is 76.9 Å². The predicted molar refractivity (Wildman–Crippen MR) is 105 cm³/mol. The molecule has 3 aromatic heterocycles. The van der Waals surface area contributed by atoms with Crippen molar-refractivity contribution in [2.24, 2.45) is 0 Å². The van der Waals surface area contributed by atoms with Gasteiger partial charge in [0.05, 0.1) is 11.4 Å². The summed E-state index contributed by atoms with van der Waals surface area (Å²) >= 11 is 0. The predicted octanol–water partition coefficient (Wildman–Crippen LogP) is 3.71. The number of aromatic amines is 1. The molecule has 7 heteroatoms. The third-order valence-corrected chi connectivity index (χ3v) is 4.49. The van der Waals surface area contributed by atoms with Gasteiger partial charge in [0, 0.05) is 18.3 Å². The lowest BCUT2D eigenvalue weighted by Gasteiger charge is -2.11. The smallest absolute Gasteiger partial charge is 0.272 e. The average Bonchev–Trinajstić information content (AvgIpc) is 3.40. The van der Waals surface area contributed by atoms with Gasteiger partial charge in [-0.3, -0.25) is 9.89 Å². The van der Waals surface area contributed by atoms with Crippen LogP contribution in [0.2, 0.25) is 0 Å². The first-order valence-corrected chi connectivity index (χ1v) is 9.03. The van der Waals surface area contributed by atoms with Crippen molar-refractivity contribution in [3.63, 3.8) is 0 Å². The highest BCUT2D eigenvalue weighted by Crippen LogP contribution is 2.21. The van der Waals surface area contributed by atoms with Crippen molar-refractivity contribution in [2.45, 2.75) is 27.3 Å². The van der Waals surface area contributed by atoms with Crippen LogP contribution in [0, 0.1) is 20.8 Å². The number of aromatic nitrogens is 4. The molecule has 2 N–H and O–H groups in total. The van der Waals surface area contributed by atoms with E-state index in [-0.39, 0.29) is 5.91 Å². The molecule has 0 aliphatic carbocycles.